The van der Waals surface area contributed by atoms with Crippen molar-refractivity contribution in [1.29, 1.82) is 0 Å². The quantitative estimate of drug-likeness (QED) is 0.0303. The van der Waals surface area contributed by atoms with Crippen molar-refractivity contribution >= 4 is 23.9 Å². The molecule has 0 amide bonds. The van der Waals surface area contributed by atoms with Crippen molar-refractivity contribution in [2.24, 2.45) is 93.8 Å². The number of hydrogen-bond acceptors (Lipinski definition) is 24. The molecule has 120 heavy (non-hydrogen) atoms. The van der Waals surface area contributed by atoms with Crippen LogP contribution in [0.25, 0.3) is 0 Å². The predicted octanol–water partition coefficient (Wildman–Crippen LogP) is 14.3. The van der Waals surface area contributed by atoms with Gasteiger partial charge in [-0.2, -0.15) is 0 Å². The fraction of sp³-hybridized carbons (Fsp3) is 0.708. The summed E-state index contributed by atoms with van der Waals surface area (Å²) in [6.45, 7) is -13.2. The third kappa shape index (κ3) is 23.8. The van der Waals surface area contributed by atoms with Crippen LogP contribution in [0.1, 0.15) is 307 Å². The molecule has 0 spiro atoms. The van der Waals surface area contributed by atoms with Gasteiger partial charge in [-0.1, -0.05) is 110 Å². The van der Waals surface area contributed by atoms with Crippen LogP contribution in [-0.4, -0.2) is 201 Å². The number of piperidine rings is 4. The second-order valence-electron chi connectivity index (χ2n) is 30.7. The molecule has 4 saturated heterocycles. The Hall–Kier alpha value is -7.16. The number of ether oxygens (including phenoxy) is 12. The monoisotopic (exact) mass is 1730 g/mol. The molecule has 16 unspecified atom stereocenters. The molecule has 4 aromatic carbocycles. The molecule has 24 heteroatoms. The molecule has 0 aliphatic carbocycles. The van der Waals surface area contributed by atoms with Crippen LogP contribution >= 0.6 is 0 Å². The van der Waals surface area contributed by atoms with Crippen molar-refractivity contribution in [2.45, 2.75) is 260 Å². The lowest BCUT2D eigenvalue weighted by atomic mass is 9.79. The second kappa shape index (κ2) is 43.9. The van der Waals surface area contributed by atoms with Crippen molar-refractivity contribution in [3.8, 4) is 46.0 Å². The Morgan fingerprint density at radius 2 is 0.550 bits per heavy atom. The summed E-state index contributed by atoms with van der Waals surface area (Å²) in [6, 6.07) is -2.30. The van der Waals surface area contributed by atoms with E-state index < -0.39 is 318 Å². The fourth-order valence-electron chi connectivity index (χ4n) is 13.8. The highest BCUT2D eigenvalue weighted by atomic mass is 16.6. The van der Waals surface area contributed by atoms with Crippen LogP contribution < -0.4 is 60.8 Å². The summed E-state index contributed by atoms with van der Waals surface area (Å²) < 4.78 is 538. The Balaban J connectivity index is 0.000000257. The number of hydrogen-bond donors (Lipinski definition) is 4. The normalized spacial score (nSPS) is 40.9. The zero-order chi connectivity index (χ0) is 137. The van der Waals surface area contributed by atoms with Gasteiger partial charge in [-0.15, -0.1) is 0 Å². The largest absolute Gasteiger partial charge is 0.493 e. The number of fused-ring (bicyclic) bond motifs is 12. The van der Waals surface area contributed by atoms with Crippen LogP contribution in [0.4, 0.5) is 0 Å². The van der Waals surface area contributed by atoms with E-state index in [1.807, 2.05) is 0 Å². The summed E-state index contributed by atoms with van der Waals surface area (Å²) in [5, 5.41) is 0. The van der Waals surface area contributed by atoms with Gasteiger partial charge < -0.3 is 79.8 Å². The van der Waals surface area contributed by atoms with Gasteiger partial charge in [0.2, 0.25) is 0 Å². The maximum absolute atomic E-state index is 13.2. The number of carbonyl (C=O) groups is 4. The van der Waals surface area contributed by atoms with Gasteiger partial charge >= 0.3 is 23.9 Å². The SMILES string of the molecule is [2H]C([2H])([2H])Oc1cc2c(cc1OC([2H])([2H])[2H])C1N(CC2)C([2H])([2H])C([2H])(C([2H])([2H])C([2H])(C)C([2H])([2H])[2H])C(OC(=O)[C@@H](N)C(C)C)C1([2H])[2H].[2H]C([2H])([2H])Oc1cc2c(cc1OC)C1N(CC2)C([2H])([2H])C([2H])(C([2H])([2H])C([2H])(C)C([2H])([2H])[2H])C(OC(=O)[C@@H](N)C(C)C)C1([2H])[2H].[2H]C([2H])([2H])Oc1cc2c(cc1OC)CCN1C2C([2H])([2H])C(OC(=O)[C@@H](N)C(C)C)C([2H])(C([2H])([2H])C([2H])(C)C([2H])([2H])[2H])C1([2H])[2H].[2H]C1([2H])C2c3cc(OC)c(OC)cc3CCN2C([2H])([2H])C([2H])(C([2H])([2H])C([2H])(C)C([2H])([2H])[2H])C1OC(=O)[C@@H](N)C(C)C. The molecule has 12 rings (SSSR count). The van der Waals surface area contributed by atoms with E-state index in [4.69, 9.17) is 137 Å². The third-order valence-electron chi connectivity index (χ3n) is 20.6. The Morgan fingerprint density at radius 1 is 0.358 bits per heavy atom. The number of methoxy groups -OCH3 is 8. The minimum absolute atomic E-state index is 0.00703. The number of nitrogens with two attached hydrogens (primary N) is 4. The van der Waals surface area contributed by atoms with E-state index in [2.05, 4.69) is 0 Å². The van der Waals surface area contributed by atoms with Crippen molar-refractivity contribution in [1.82, 2.24) is 19.6 Å². The van der Waals surface area contributed by atoms with E-state index in [0.717, 1.165) is 37.8 Å². The Kier molecular flexibility index (Phi) is 16.5. The molecule has 4 fully saturated rings. The van der Waals surface area contributed by atoms with E-state index in [1.54, 1.807) is 47.6 Å². The number of benzene rings is 4. The molecule has 0 radical (unpaired) electrons. The zero-order valence-electron chi connectivity index (χ0n) is 126. The minimum atomic E-state index is -3.77. The van der Waals surface area contributed by atoms with Crippen molar-refractivity contribution in [3.05, 3.63) is 93.0 Å². The molecule has 8 aliphatic heterocycles. The van der Waals surface area contributed by atoms with E-state index in [0.29, 0.717) is 50.1 Å². The van der Waals surface area contributed by atoms with E-state index in [9.17, 15) is 38.4 Å². The highest BCUT2D eigenvalue weighted by molar-refractivity contribution is 5.77. The molecule has 0 saturated carbocycles. The topological polar surface area (TPSA) is 296 Å². The maximum atomic E-state index is 13.2. The number of nitrogens with zero attached hydrogens (tertiary/aromatic N) is 4. The Bertz CT molecular complexity index is 6600. The number of carbonyl (C=O) groups excluding carboxylic acids is 4. The van der Waals surface area contributed by atoms with Crippen LogP contribution in [0.2, 0.25) is 0 Å². The minimum Gasteiger partial charge on any atom is -0.493 e. The van der Waals surface area contributed by atoms with Gasteiger partial charge in [0, 0.05) is 186 Å². The van der Waals surface area contributed by atoms with Crippen LogP contribution in [0, 0.1) is 70.8 Å². The van der Waals surface area contributed by atoms with Gasteiger partial charge in [-0.3, -0.25) is 38.8 Å². The summed E-state index contributed by atoms with van der Waals surface area (Å²) >= 11 is 0. The van der Waals surface area contributed by atoms with Gasteiger partial charge in [0.1, 0.15) is 48.6 Å². The number of rotatable bonds is 28. The van der Waals surface area contributed by atoms with Crippen LogP contribution in [0.3, 0.4) is 0 Å². The maximum Gasteiger partial charge on any atom is 0.323 e. The van der Waals surface area contributed by atoms with Gasteiger partial charge in [-0.05, 0) is 191 Å². The first-order valence-corrected chi connectivity index (χ1v) is 38.9. The first kappa shape index (κ1) is 45.1. The molecular weight excluding hydrogens is 1520 g/mol. The summed E-state index contributed by atoms with van der Waals surface area (Å²) in [5.74, 6) is -35.8. The van der Waals surface area contributed by atoms with Crippen LogP contribution in [-0.2, 0) is 63.8 Å². The number of esters is 4. The average molecular weight is 1730 g/mol. The molecular formula is C96H152N8O16. The third-order valence-corrected chi connectivity index (χ3v) is 20.6. The summed E-state index contributed by atoms with van der Waals surface area (Å²) in [6.07, 6.45) is -37.7. The first-order valence-electron chi connectivity index (χ1n) is 66.9. The van der Waals surface area contributed by atoms with Gasteiger partial charge in [0.15, 0.2) is 46.0 Å². The first-order chi connectivity index (χ1) is 78.4. The lowest BCUT2D eigenvalue weighted by Gasteiger charge is -2.47. The Morgan fingerprint density at radius 3 is 0.733 bits per heavy atom. The Labute approximate surface area is 797 Å². The molecule has 0 bridgehead atoms. The summed E-state index contributed by atoms with van der Waals surface area (Å²) in [7, 11) is -6.81. The van der Waals surface area contributed by atoms with Crippen LogP contribution in [0.5, 0.6) is 46.0 Å². The summed E-state index contributed by atoms with van der Waals surface area (Å²) in [4.78, 5) is 56.1. The van der Waals surface area contributed by atoms with Gasteiger partial charge in [0.25, 0.3) is 0 Å². The summed E-state index contributed by atoms with van der Waals surface area (Å²) in [5.41, 5.74) is 25.3. The van der Waals surface area contributed by atoms with Crippen molar-refractivity contribution in [3.63, 3.8) is 0 Å². The van der Waals surface area contributed by atoms with E-state index in [1.165, 1.54) is 66.6 Å². The van der Waals surface area contributed by atoms with E-state index in [-0.39, 0.29) is 102 Å². The fourth-order valence-corrected chi connectivity index (χ4v) is 13.8. The highest BCUT2D eigenvalue weighted by Gasteiger charge is 2.47. The van der Waals surface area contributed by atoms with Crippen LogP contribution in [0.15, 0.2) is 48.5 Å². The highest BCUT2D eigenvalue weighted by Crippen LogP contribution is 2.50. The van der Waals surface area contributed by atoms with Crippen molar-refractivity contribution < 1.29 is 153 Å². The molecule has 8 aliphatic rings. The molecule has 20 atom stereocenters. The van der Waals surface area contributed by atoms with Crippen molar-refractivity contribution in [2.75, 3.05) is 109 Å². The average Bonchev–Trinajstić information content (AvgIpc) is 0.675. The zero-order valence-corrected chi connectivity index (χ0v) is 70.1. The van der Waals surface area contributed by atoms with Gasteiger partial charge in [-0.25, -0.2) is 0 Å². The molecule has 8 N–H and O–H groups in total. The lowest BCUT2D eigenvalue weighted by Crippen LogP contribution is -2.51. The second-order valence-corrected chi connectivity index (χ2v) is 30.7. The standard InChI is InChI=1S/4C24H38N2O4/c4*1-14(2)9-17-13-26-8-7-16-10-21(28-5)22(29-6)11-18(16)19(26)12-20(17)30-24(27)23(25)15(3)4/h4*10-11,14-15,17,19-20,23H,7-9,12-13,25H2,1-6H3/t4*17?,19?,20?,23-/m0000/s1/i1D3,5D3,6D3,9D2,12D2,13D2,14D,17D;1D3,6D3,9D2,12D2,13D2,14D,17D;1D3,5D3,9D2,12D2,13D2,14D,17D;1D3,9D2,12D2,13D2,14D,17D/t4*14?,17?,19?,20?,23-. The smallest absolute Gasteiger partial charge is 0.323 e. The lowest BCUT2D eigenvalue weighted by molar-refractivity contribution is -0.161. The molecule has 4 aromatic rings. The predicted molar refractivity (Wildman–Crippen MR) is 471 cm³/mol. The van der Waals surface area contributed by atoms with Gasteiger partial charge in [0.05, 0.1) is 73.0 Å². The molecule has 24 nitrogen and oxygen atoms in total. The molecule has 672 valence electrons. The molecule has 8 heterocycles. The van der Waals surface area contributed by atoms with E-state index >= 15 is 0 Å². The molecule has 0 aromatic heterocycles.